The summed E-state index contributed by atoms with van der Waals surface area (Å²) < 4.78 is 0. The standard InChI is InChI=1S/C24H36N2S/c1-3-5-7-8-9-10-11-13-21-19-25-24(26-20-21)22-14-16-23(17-15-22)27-18-12-6-4-2/h14-17,19-20H,3-13,18H2,1-2H3. The molecule has 0 aliphatic heterocycles. The van der Waals surface area contributed by atoms with Crippen LogP contribution in [0.15, 0.2) is 41.6 Å². The van der Waals surface area contributed by atoms with Gasteiger partial charge in [0.1, 0.15) is 0 Å². The molecule has 3 heteroatoms. The summed E-state index contributed by atoms with van der Waals surface area (Å²) >= 11 is 1.94. The van der Waals surface area contributed by atoms with Crippen LogP contribution in [0.5, 0.6) is 0 Å². The fourth-order valence-corrected chi connectivity index (χ4v) is 4.07. The molecule has 0 N–H and O–H groups in total. The van der Waals surface area contributed by atoms with E-state index in [-0.39, 0.29) is 0 Å². The molecule has 0 saturated carbocycles. The van der Waals surface area contributed by atoms with Crippen LogP contribution in [0, 0.1) is 0 Å². The first-order valence-electron chi connectivity index (χ1n) is 10.9. The first-order chi connectivity index (χ1) is 13.3. The number of aryl methyl sites for hydroxylation is 1. The molecular weight excluding hydrogens is 348 g/mol. The molecule has 27 heavy (non-hydrogen) atoms. The highest BCUT2D eigenvalue weighted by Gasteiger charge is 2.03. The van der Waals surface area contributed by atoms with E-state index in [1.54, 1.807) is 0 Å². The third-order valence-electron chi connectivity index (χ3n) is 4.90. The lowest BCUT2D eigenvalue weighted by Crippen LogP contribution is -1.93. The van der Waals surface area contributed by atoms with Crippen molar-refractivity contribution in [2.45, 2.75) is 89.4 Å². The van der Waals surface area contributed by atoms with Crippen LogP contribution in [-0.2, 0) is 6.42 Å². The summed E-state index contributed by atoms with van der Waals surface area (Å²) in [7, 11) is 0. The highest BCUT2D eigenvalue weighted by atomic mass is 32.2. The van der Waals surface area contributed by atoms with E-state index in [0.717, 1.165) is 17.8 Å². The number of nitrogens with zero attached hydrogens (tertiary/aromatic N) is 2. The SMILES string of the molecule is CCCCCCCCCc1cnc(-c2ccc(SCCCCC)cc2)nc1. The van der Waals surface area contributed by atoms with Gasteiger partial charge in [0.2, 0.25) is 0 Å². The van der Waals surface area contributed by atoms with Crippen LogP contribution in [0.25, 0.3) is 11.4 Å². The Morgan fingerprint density at radius 2 is 1.30 bits per heavy atom. The second-order valence-electron chi connectivity index (χ2n) is 7.37. The smallest absolute Gasteiger partial charge is 0.159 e. The first-order valence-corrected chi connectivity index (χ1v) is 11.9. The fourth-order valence-electron chi connectivity index (χ4n) is 3.16. The third kappa shape index (κ3) is 8.92. The lowest BCUT2D eigenvalue weighted by atomic mass is 10.1. The molecule has 0 atom stereocenters. The first kappa shape index (κ1) is 21.9. The van der Waals surface area contributed by atoms with Gasteiger partial charge in [-0.25, -0.2) is 9.97 Å². The molecule has 0 fully saturated rings. The zero-order valence-corrected chi connectivity index (χ0v) is 18.1. The van der Waals surface area contributed by atoms with E-state index in [9.17, 15) is 0 Å². The molecular formula is C24H36N2S. The number of thioether (sulfide) groups is 1. The highest BCUT2D eigenvalue weighted by molar-refractivity contribution is 7.99. The number of benzene rings is 1. The van der Waals surface area contributed by atoms with Crippen molar-refractivity contribution >= 4 is 11.8 Å². The molecule has 0 aliphatic carbocycles. The van der Waals surface area contributed by atoms with Crippen molar-refractivity contribution < 1.29 is 0 Å². The van der Waals surface area contributed by atoms with Crippen molar-refractivity contribution in [3.05, 3.63) is 42.2 Å². The molecule has 2 nitrogen and oxygen atoms in total. The Morgan fingerprint density at radius 1 is 0.704 bits per heavy atom. The normalized spacial score (nSPS) is 11.0. The largest absolute Gasteiger partial charge is 0.236 e. The van der Waals surface area contributed by atoms with Crippen molar-refractivity contribution in [1.29, 1.82) is 0 Å². The minimum Gasteiger partial charge on any atom is -0.236 e. The second kappa shape index (κ2) is 13.8. The summed E-state index contributed by atoms with van der Waals surface area (Å²) in [5, 5.41) is 0. The predicted octanol–water partition coefficient (Wildman–Crippen LogP) is 7.72. The van der Waals surface area contributed by atoms with Gasteiger partial charge in [0.25, 0.3) is 0 Å². The molecule has 0 radical (unpaired) electrons. The maximum atomic E-state index is 4.59. The lowest BCUT2D eigenvalue weighted by Gasteiger charge is -2.05. The van der Waals surface area contributed by atoms with E-state index in [0.29, 0.717) is 0 Å². The Balaban J connectivity index is 1.72. The predicted molar refractivity (Wildman–Crippen MR) is 119 cm³/mol. The number of unbranched alkanes of at least 4 members (excludes halogenated alkanes) is 8. The zero-order chi connectivity index (χ0) is 19.2. The van der Waals surface area contributed by atoms with Crippen LogP contribution in [0.2, 0.25) is 0 Å². The molecule has 1 aromatic heterocycles. The van der Waals surface area contributed by atoms with Gasteiger partial charge in [-0.15, -0.1) is 11.8 Å². The summed E-state index contributed by atoms with van der Waals surface area (Å²) in [6.07, 6.45) is 18.4. The van der Waals surface area contributed by atoms with Crippen molar-refractivity contribution in [3.63, 3.8) is 0 Å². The molecule has 2 rings (SSSR count). The minimum absolute atomic E-state index is 0.834. The number of hydrogen-bond acceptors (Lipinski definition) is 3. The molecule has 0 unspecified atom stereocenters. The van der Waals surface area contributed by atoms with Gasteiger partial charge in [-0.05, 0) is 42.7 Å². The van der Waals surface area contributed by atoms with Crippen LogP contribution in [0.3, 0.4) is 0 Å². The molecule has 1 heterocycles. The van der Waals surface area contributed by atoms with Gasteiger partial charge in [0, 0.05) is 22.9 Å². The van der Waals surface area contributed by atoms with Gasteiger partial charge in [0.15, 0.2) is 5.82 Å². The van der Waals surface area contributed by atoms with Gasteiger partial charge in [0.05, 0.1) is 0 Å². The van der Waals surface area contributed by atoms with Crippen molar-refractivity contribution in [2.75, 3.05) is 5.75 Å². The quantitative estimate of drug-likeness (QED) is 0.246. The van der Waals surface area contributed by atoms with Crippen molar-refractivity contribution in [3.8, 4) is 11.4 Å². The van der Waals surface area contributed by atoms with E-state index < -0.39 is 0 Å². The molecule has 0 amide bonds. The minimum atomic E-state index is 0.834. The summed E-state index contributed by atoms with van der Waals surface area (Å²) in [5.41, 5.74) is 2.37. The van der Waals surface area contributed by atoms with Crippen LogP contribution >= 0.6 is 11.8 Å². The van der Waals surface area contributed by atoms with Gasteiger partial charge >= 0.3 is 0 Å². The van der Waals surface area contributed by atoms with Crippen LogP contribution in [0.1, 0.15) is 83.6 Å². The fraction of sp³-hybridized carbons (Fsp3) is 0.583. The Kier molecular flexibility index (Phi) is 11.2. The molecule has 2 aromatic rings. The average molecular weight is 385 g/mol. The lowest BCUT2D eigenvalue weighted by molar-refractivity contribution is 0.589. The van der Waals surface area contributed by atoms with E-state index in [1.807, 2.05) is 24.2 Å². The van der Waals surface area contributed by atoms with E-state index in [2.05, 4.69) is 48.1 Å². The summed E-state index contributed by atoms with van der Waals surface area (Å²) in [4.78, 5) is 10.5. The van der Waals surface area contributed by atoms with Gasteiger partial charge in [-0.2, -0.15) is 0 Å². The van der Waals surface area contributed by atoms with Crippen LogP contribution in [-0.4, -0.2) is 15.7 Å². The molecule has 1 aromatic carbocycles. The average Bonchev–Trinajstić information content (AvgIpc) is 2.71. The second-order valence-corrected chi connectivity index (χ2v) is 8.53. The maximum absolute atomic E-state index is 4.59. The highest BCUT2D eigenvalue weighted by Crippen LogP contribution is 2.23. The maximum Gasteiger partial charge on any atom is 0.159 e. The van der Waals surface area contributed by atoms with Crippen molar-refractivity contribution in [2.24, 2.45) is 0 Å². The summed E-state index contributed by atoms with van der Waals surface area (Å²) in [6, 6.07) is 8.68. The Morgan fingerprint density at radius 3 is 1.96 bits per heavy atom. The molecule has 0 saturated heterocycles. The van der Waals surface area contributed by atoms with Gasteiger partial charge in [-0.1, -0.05) is 77.3 Å². The number of hydrogen-bond donors (Lipinski definition) is 0. The van der Waals surface area contributed by atoms with E-state index in [1.165, 1.54) is 80.4 Å². The van der Waals surface area contributed by atoms with E-state index >= 15 is 0 Å². The molecule has 0 aliphatic rings. The Hall–Kier alpha value is -1.35. The van der Waals surface area contributed by atoms with Crippen LogP contribution < -0.4 is 0 Å². The van der Waals surface area contributed by atoms with Crippen LogP contribution in [0.4, 0.5) is 0 Å². The number of rotatable bonds is 14. The zero-order valence-electron chi connectivity index (χ0n) is 17.3. The monoisotopic (exact) mass is 384 g/mol. The third-order valence-corrected chi connectivity index (χ3v) is 6.00. The molecule has 0 spiro atoms. The Bertz CT molecular complexity index is 607. The topological polar surface area (TPSA) is 25.8 Å². The summed E-state index contributed by atoms with van der Waals surface area (Å²) in [6.45, 7) is 4.52. The van der Waals surface area contributed by atoms with Gasteiger partial charge < -0.3 is 0 Å². The molecule has 148 valence electrons. The molecule has 0 bridgehead atoms. The Labute approximate surface area is 170 Å². The van der Waals surface area contributed by atoms with Gasteiger partial charge in [-0.3, -0.25) is 0 Å². The summed E-state index contributed by atoms with van der Waals surface area (Å²) in [5.74, 6) is 2.04. The number of aromatic nitrogens is 2. The van der Waals surface area contributed by atoms with Crippen molar-refractivity contribution in [1.82, 2.24) is 9.97 Å². The van der Waals surface area contributed by atoms with E-state index in [4.69, 9.17) is 0 Å².